The van der Waals surface area contributed by atoms with Crippen LogP contribution in [0.3, 0.4) is 0 Å². The van der Waals surface area contributed by atoms with Crippen molar-refractivity contribution in [2.24, 2.45) is 4.99 Å². The quantitative estimate of drug-likeness (QED) is 0.333. The molecule has 4 rings (SSSR count). The Balaban J connectivity index is 1.93. The lowest BCUT2D eigenvalue weighted by molar-refractivity contribution is -0.144. The maximum Gasteiger partial charge on any atom is 0.433 e. The average molecular weight is 504 g/mol. The van der Waals surface area contributed by atoms with Crippen LogP contribution in [0.5, 0.6) is 0 Å². The molecule has 1 unspecified atom stereocenters. The fraction of sp³-hybridized carbons (Fsp3) is 0.385. The van der Waals surface area contributed by atoms with E-state index in [1.165, 1.54) is 6.20 Å². The molecule has 35 heavy (non-hydrogen) atoms. The number of aliphatic imine (C=N–C) groups is 1. The van der Waals surface area contributed by atoms with Gasteiger partial charge in [0, 0.05) is 43.5 Å². The Kier molecular flexibility index (Phi) is 7.52. The number of nitrogens with zero attached hydrogens (tertiary/aromatic N) is 4. The highest BCUT2D eigenvalue weighted by Crippen LogP contribution is 2.46. The Labute approximate surface area is 208 Å². The summed E-state index contributed by atoms with van der Waals surface area (Å²) >= 11 is 6.88. The van der Waals surface area contributed by atoms with Crippen LogP contribution in [-0.2, 0) is 12.7 Å². The van der Waals surface area contributed by atoms with Gasteiger partial charge in [0.2, 0.25) is 0 Å². The van der Waals surface area contributed by atoms with Crippen molar-refractivity contribution < 1.29 is 13.2 Å². The summed E-state index contributed by atoms with van der Waals surface area (Å²) in [6.45, 7) is 9.65. The molecule has 1 saturated heterocycles. The summed E-state index contributed by atoms with van der Waals surface area (Å²) in [4.78, 5) is 6.70. The molecule has 1 fully saturated rings. The Bertz CT molecular complexity index is 1190. The van der Waals surface area contributed by atoms with Crippen molar-refractivity contribution in [2.75, 3.05) is 24.5 Å². The zero-order valence-electron chi connectivity index (χ0n) is 19.9. The smallest absolute Gasteiger partial charge is 0.370 e. The van der Waals surface area contributed by atoms with Crippen molar-refractivity contribution in [3.05, 3.63) is 76.2 Å². The Morgan fingerprint density at radius 1 is 1.34 bits per heavy atom. The van der Waals surface area contributed by atoms with Crippen LogP contribution in [0.4, 0.5) is 18.9 Å². The molecule has 0 aliphatic carbocycles. The van der Waals surface area contributed by atoms with E-state index in [0.717, 1.165) is 35.4 Å². The molecule has 2 aliphatic heterocycles. The third kappa shape index (κ3) is 4.82. The van der Waals surface area contributed by atoms with Crippen molar-refractivity contribution in [2.45, 2.75) is 45.5 Å². The first kappa shape index (κ1) is 25.3. The van der Waals surface area contributed by atoms with Crippen LogP contribution in [0.1, 0.15) is 49.6 Å². The van der Waals surface area contributed by atoms with Crippen LogP contribution in [0.25, 0.3) is 5.57 Å². The van der Waals surface area contributed by atoms with Gasteiger partial charge >= 0.3 is 6.18 Å². The van der Waals surface area contributed by atoms with Crippen molar-refractivity contribution in [1.82, 2.24) is 15.1 Å². The molecular weight excluding hydrogens is 475 g/mol. The summed E-state index contributed by atoms with van der Waals surface area (Å²) in [6, 6.07) is 5.39. The monoisotopic (exact) mass is 503 g/mol. The second-order valence-electron chi connectivity index (χ2n) is 8.53. The van der Waals surface area contributed by atoms with E-state index in [9.17, 15) is 13.2 Å². The van der Waals surface area contributed by atoms with E-state index < -0.39 is 17.9 Å². The molecule has 186 valence electrons. The van der Waals surface area contributed by atoms with Crippen LogP contribution < -0.4 is 10.2 Å². The summed E-state index contributed by atoms with van der Waals surface area (Å²) in [7, 11) is 0. The third-order valence-electron chi connectivity index (χ3n) is 6.30. The molecule has 1 atom stereocenters. The minimum atomic E-state index is -4.55. The van der Waals surface area contributed by atoms with Gasteiger partial charge in [-0.1, -0.05) is 43.3 Å². The number of allylic oxidation sites excluding steroid dienone is 2. The molecule has 1 N–H and O–H groups in total. The molecule has 2 aliphatic rings. The van der Waals surface area contributed by atoms with Crippen molar-refractivity contribution in [3.63, 3.8) is 0 Å². The molecule has 3 heterocycles. The lowest BCUT2D eigenvalue weighted by atomic mass is 9.92. The van der Waals surface area contributed by atoms with E-state index in [1.807, 2.05) is 25.1 Å². The van der Waals surface area contributed by atoms with Crippen LogP contribution in [0.15, 0.2) is 59.4 Å². The summed E-state index contributed by atoms with van der Waals surface area (Å²) in [5, 5.41) is 8.10. The number of hydrogen-bond acceptors (Lipinski definition) is 4. The van der Waals surface area contributed by atoms with E-state index in [-0.39, 0.29) is 18.7 Å². The van der Waals surface area contributed by atoms with Crippen molar-refractivity contribution >= 4 is 29.1 Å². The van der Waals surface area contributed by atoms with Crippen LogP contribution >= 0.6 is 11.6 Å². The predicted molar refractivity (Wildman–Crippen MR) is 136 cm³/mol. The third-order valence-corrected chi connectivity index (χ3v) is 6.71. The summed E-state index contributed by atoms with van der Waals surface area (Å²) in [5.74, 6) is 0. The second kappa shape index (κ2) is 10.4. The topological polar surface area (TPSA) is 45.5 Å². The highest BCUT2D eigenvalue weighted by molar-refractivity contribution is 6.34. The predicted octanol–water partition coefficient (Wildman–Crippen LogP) is 6.43. The van der Waals surface area contributed by atoms with Crippen LogP contribution in [0.2, 0.25) is 5.02 Å². The van der Waals surface area contributed by atoms with Gasteiger partial charge in [-0.25, -0.2) is 0 Å². The molecular formula is C26H29ClF3N5. The minimum absolute atomic E-state index is 0.0623. The lowest BCUT2D eigenvalue weighted by Gasteiger charge is -2.34. The van der Waals surface area contributed by atoms with Gasteiger partial charge in [0.25, 0.3) is 0 Å². The van der Waals surface area contributed by atoms with Crippen LogP contribution in [-0.4, -0.2) is 35.6 Å². The van der Waals surface area contributed by atoms with Gasteiger partial charge in [-0.05, 0) is 43.0 Å². The molecule has 1 aromatic heterocycles. The van der Waals surface area contributed by atoms with Gasteiger partial charge in [0.1, 0.15) is 5.69 Å². The largest absolute Gasteiger partial charge is 0.433 e. The number of halogens is 4. The Hall–Kier alpha value is -2.84. The molecule has 0 radical (unpaired) electrons. The number of aryl methyl sites for hydroxylation is 1. The van der Waals surface area contributed by atoms with E-state index in [2.05, 4.69) is 26.9 Å². The lowest BCUT2D eigenvalue weighted by Crippen LogP contribution is -2.37. The van der Waals surface area contributed by atoms with Gasteiger partial charge in [-0.15, -0.1) is 0 Å². The first-order chi connectivity index (χ1) is 16.8. The molecule has 9 heteroatoms. The minimum Gasteiger partial charge on any atom is -0.370 e. The number of anilines is 1. The highest BCUT2D eigenvalue weighted by Gasteiger charge is 2.41. The number of benzene rings is 1. The van der Waals surface area contributed by atoms with Gasteiger partial charge in [0.15, 0.2) is 0 Å². The zero-order valence-corrected chi connectivity index (χ0v) is 20.6. The summed E-state index contributed by atoms with van der Waals surface area (Å²) in [5.41, 5.74) is 2.75. The number of aromatic nitrogens is 2. The molecule has 5 nitrogen and oxygen atoms in total. The number of rotatable bonds is 8. The first-order valence-corrected chi connectivity index (χ1v) is 12.1. The average Bonchev–Trinajstić information content (AvgIpc) is 3.38. The van der Waals surface area contributed by atoms with E-state index in [1.54, 1.807) is 25.3 Å². The molecule has 1 aromatic carbocycles. The fourth-order valence-electron chi connectivity index (χ4n) is 4.68. The summed E-state index contributed by atoms with van der Waals surface area (Å²) < 4.78 is 43.7. The number of nitrogens with one attached hydrogen (secondary N) is 1. The van der Waals surface area contributed by atoms with Crippen molar-refractivity contribution in [3.8, 4) is 0 Å². The molecule has 0 saturated carbocycles. The van der Waals surface area contributed by atoms with Crippen LogP contribution in [0, 0.1) is 0 Å². The number of alkyl halides is 3. The maximum atomic E-state index is 14.2. The van der Waals surface area contributed by atoms with Crippen molar-refractivity contribution in [1.29, 1.82) is 0 Å². The van der Waals surface area contributed by atoms with Gasteiger partial charge < -0.3 is 10.2 Å². The van der Waals surface area contributed by atoms with E-state index in [0.29, 0.717) is 28.3 Å². The summed E-state index contributed by atoms with van der Waals surface area (Å²) in [6.07, 6.45) is 3.34. The van der Waals surface area contributed by atoms with E-state index >= 15 is 0 Å². The first-order valence-electron chi connectivity index (χ1n) is 11.8. The number of hydrogen-bond donors (Lipinski definition) is 1. The highest BCUT2D eigenvalue weighted by atomic mass is 35.5. The molecule has 0 spiro atoms. The van der Waals surface area contributed by atoms with E-state index in [4.69, 9.17) is 11.6 Å². The Morgan fingerprint density at radius 3 is 2.71 bits per heavy atom. The standard InChI is InChI=1S/C26H29ClF3N5/c1-4-9-20(31-6-3)22-18(19-16-33-35(12-5-2)25(19)26(28,29)30)15-32-24(22)17-10-7-11-21(23(17)27)34-13-8-14-34/h4,6-7,9-11,16,24,32H,1,5,8,12-15H2,2-3H3/b20-9-,31-6-. The normalized spacial score (nSPS) is 19.1. The fourth-order valence-corrected chi connectivity index (χ4v) is 5.04. The molecule has 2 aromatic rings. The van der Waals surface area contributed by atoms with Gasteiger partial charge in [-0.2, -0.15) is 18.3 Å². The van der Waals surface area contributed by atoms with Gasteiger partial charge in [0.05, 0.1) is 28.6 Å². The molecule has 0 bridgehead atoms. The zero-order chi connectivity index (χ0) is 25.2. The molecule has 0 amide bonds. The SMILES string of the molecule is C=C/C=C(\N=C/C)C1=C(c2cnn(CCC)c2C(F)(F)F)CNC1c1cccc(N2CCC2)c1Cl. The Morgan fingerprint density at radius 2 is 2.11 bits per heavy atom. The maximum absolute atomic E-state index is 14.2. The second-order valence-corrected chi connectivity index (χ2v) is 8.91. The van der Waals surface area contributed by atoms with Gasteiger partial charge in [-0.3, -0.25) is 9.67 Å².